The van der Waals surface area contributed by atoms with Gasteiger partial charge in [-0.2, -0.15) is 0 Å². The first kappa shape index (κ1) is 18.9. The summed E-state index contributed by atoms with van der Waals surface area (Å²) in [6.45, 7) is 7.26. The smallest absolute Gasteiger partial charge is 0.319 e. The molecule has 1 aromatic carbocycles. The second-order valence-electron chi connectivity index (χ2n) is 6.85. The van der Waals surface area contributed by atoms with Crippen LogP contribution in [0.2, 0.25) is 5.02 Å². The van der Waals surface area contributed by atoms with Crippen LogP contribution in [-0.4, -0.2) is 66.6 Å². The predicted octanol–water partition coefficient (Wildman–Crippen LogP) is 3.04. The molecule has 1 aromatic heterocycles. The lowest BCUT2D eigenvalue weighted by molar-refractivity contribution is 0.115. The van der Waals surface area contributed by atoms with Gasteiger partial charge in [0.25, 0.3) is 0 Å². The molecule has 3 rings (SSSR count). The van der Waals surface area contributed by atoms with E-state index in [2.05, 4.69) is 39.4 Å². The Bertz CT molecular complexity index is 761. The fraction of sp³-hybridized carbons (Fsp3) is 0.474. The van der Waals surface area contributed by atoms with Crippen LogP contribution in [0.1, 0.15) is 13.3 Å². The third-order valence-electron chi connectivity index (χ3n) is 4.98. The van der Waals surface area contributed by atoms with E-state index < -0.39 is 0 Å². The molecule has 140 valence electrons. The van der Waals surface area contributed by atoms with Crippen LogP contribution < -0.4 is 10.6 Å². The molecular weight excluding hydrogens is 350 g/mol. The number of carbonyl (C=O) groups is 1. The maximum atomic E-state index is 12.2. The van der Waals surface area contributed by atoms with E-state index in [0.29, 0.717) is 28.8 Å². The fourth-order valence-corrected chi connectivity index (χ4v) is 3.47. The normalized spacial score (nSPS) is 17.2. The number of piperazine rings is 1. The number of urea groups is 1. The second-order valence-corrected chi connectivity index (χ2v) is 7.26. The molecule has 0 spiro atoms. The van der Waals surface area contributed by atoms with E-state index in [0.717, 1.165) is 38.0 Å². The molecule has 0 saturated carbocycles. The quantitative estimate of drug-likeness (QED) is 0.843. The van der Waals surface area contributed by atoms with E-state index in [1.165, 1.54) is 0 Å². The van der Waals surface area contributed by atoms with Gasteiger partial charge < -0.3 is 15.5 Å². The number of fused-ring (bicyclic) bond motifs is 1. The summed E-state index contributed by atoms with van der Waals surface area (Å²) >= 11 is 6.17. The summed E-state index contributed by atoms with van der Waals surface area (Å²) in [5.74, 6) is 0. The maximum absolute atomic E-state index is 12.2. The Morgan fingerprint density at radius 2 is 2.04 bits per heavy atom. The van der Waals surface area contributed by atoms with Crippen molar-refractivity contribution < 1.29 is 4.79 Å². The van der Waals surface area contributed by atoms with Crippen LogP contribution >= 0.6 is 11.6 Å². The highest BCUT2D eigenvalue weighted by Gasteiger charge is 2.18. The number of anilines is 1. The van der Waals surface area contributed by atoms with Crippen LogP contribution in [0, 0.1) is 0 Å². The molecule has 2 heterocycles. The van der Waals surface area contributed by atoms with Crippen molar-refractivity contribution in [2.75, 3.05) is 45.1 Å². The molecule has 0 aliphatic carbocycles. The molecule has 7 heteroatoms. The van der Waals surface area contributed by atoms with E-state index >= 15 is 0 Å². The summed E-state index contributed by atoms with van der Waals surface area (Å²) in [4.78, 5) is 21.4. The van der Waals surface area contributed by atoms with E-state index in [-0.39, 0.29) is 6.03 Å². The molecule has 0 radical (unpaired) electrons. The predicted molar refractivity (Wildman–Crippen MR) is 107 cm³/mol. The van der Waals surface area contributed by atoms with Gasteiger partial charge in [0.1, 0.15) is 0 Å². The first-order valence-electron chi connectivity index (χ1n) is 9.05. The van der Waals surface area contributed by atoms with Gasteiger partial charge in [-0.25, -0.2) is 4.79 Å². The Hall–Kier alpha value is -1.89. The van der Waals surface area contributed by atoms with Crippen LogP contribution in [0.25, 0.3) is 10.9 Å². The van der Waals surface area contributed by atoms with Crippen molar-refractivity contribution in [3.63, 3.8) is 0 Å². The molecule has 2 N–H and O–H groups in total. The number of carbonyl (C=O) groups excluding carboxylic acids is 1. The van der Waals surface area contributed by atoms with Gasteiger partial charge in [0, 0.05) is 50.3 Å². The number of nitrogens with one attached hydrogen (secondary N) is 2. The zero-order valence-corrected chi connectivity index (χ0v) is 16.1. The Labute approximate surface area is 159 Å². The number of pyridine rings is 1. The highest BCUT2D eigenvalue weighted by atomic mass is 35.5. The van der Waals surface area contributed by atoms with Crippen LogP contribution in [-0.2, 0) is 0 Å². The molecule has 0 unspecified atom stereocenters. The van der Waals surface area contributed by atoms with Gasteiger partial charge in [-0.1, -0.05) is 11.6 Å². The lowest BCUT2D eigenvalue weighted by Gasteiger charge is -2.36. The summed E-state index contributed by atoms with van der Waals surface area (Å²) in [6, 6.07) is 7.55. The van der Waals surface area contributed by atoms with E-state index in [1.54, 1.807) is 18.3 Å². The molecule has 1 aliphatic heterocycles. The average Bonchev–Trinajstić information content (AvgIpc) is 2.65. The number of hydrogen-bond acceptors (Lipinski definition) is 4. The van der Waals surface area contributed by atoms with E-state index in [4.69, 9.17) is 11.6 Å². The molecule has 1 saturated heterocycles. The molecule has 2 amide bonds. The summed E-state index contributed by atoms with van der Waals surface area (Å²) < 4.78 is 0. The first-order valence-corrected chi connectivity index (χ1v) is 9.43. The number of amides is 2. The lowest BCUT2D eigenvalue weighted by atomic mass is 10.1. The summed E-state index contributed by atoms with van der Waals surface area (Å²) in [5, 5.41) is 7.26. The summed E-state index contributed by atoms with van der Waals surface area (Å²) in [7, 11) is 2.16. The van der Waals surface area contributed by atoms with Gasteiger partial charge in [-0.15, -0.1) is 0 Å². The zero-order chi connectivity index (χ0) is 18.5. The minimum Gasteiger partial charge on any atom is -0.338 e. The van der Waals surface area contributed by atoms with Crippen molar-refractivity contribution in [2.45, 2.75) is 19.4 Å². The maximum Gasteiger partial charge on any atom is 0.319 e. The number of likely N-dealkylation sites (N-methyl/N-ethyl adjacent to an activating group) is 1. The Balaban J connectivity index is 1.50. The number of halogens is 1. The number of nitrogens with zero attached hydrogens (tertiary/aromatic N) is 3. The lowest BCUT2D eigenvalue weighted by Crippen LogP contribution is -2.48. The van der Waals surface area contributed by atoms with Crippen molar-refractivity contribution in [3.05, 3.63) is 35.5 Å². The Morgan fingerprint density at radius 3 is 2.81 bits per heavy atom. The van der Waals surface area contributed by atoms with Gasteiger partial charge in [0.2, 0.25) is 0 Å². The topological polar surface area (TPSA) is 60.5 Å². The number of hydrogen-bond donors (Lipinski definition) is 2. The van der Waals surface area contributed by atoms with Crippen molar-refractivity contribution in [1.82, 2.24) is 20.1 Å². The van der Waals surface area contributed by atoms with Crippen molar-refractivity contribution >= 4 is 34.2 Å². The number of aromatic nitrogens is 1. The second kappa shape index (κ2) is 8.66. The minimum absolute atomic E-state index is 0.206. The molecule has 2 aromatic rings. The van der Waals surface area contributed by atoms with Crippen LogP contribution in [0.15, 0.2) is 30.5 Å². The van der Waals surface area contributed by atoms with Gasteiger partial charge in [-0.05, 0) is 44.7 Å². The largest absolute Gasteiger partial charge is 0.338 e. The van der Waals surface area contributed by atoms with Crippen LogP contribution in [0.5, 0.6) is 0 Å². The van der Waals surface area contributed by atoms with E-state index in [9.17, 15) is 4.79 Å². The van der Waals surface area contributed by atoms with Crippen LogP contribution in [0.3, 0.4) is 0 Å². The molecular formula is C19H26ClN5O. The Morgan fingerprint density at radius 1 is 1.27 bits per heavy atom. The minimum atomic E-state index is -0.206. The van der Waals surface area contributed by atoms with Gasteiger partial charge in [0.05, 0.1) is 16.2 Å². The third kappa shape index (κ3) is 4.63. The number of benzene rings is 1. The van der Waals surface area contributed by atoms with Gasteiger partial charge in [-0.3, -0.25) is 9.88 Å². The highest BCUT2D eigenvalue weighted by molar-refractivity contribution is 6.35. The first-order chi connectivity index (χ1) is 12.5. The molecule has 0 bridgehead atoms. The molecule has 26 heavy (non-hydrogen) atoms. The third-order valence-corrected chi connectivity index (χ3v) is 5.28. The highest BCUT2D eigenvalue weighted by Crippen LogP contribution is 2.27. The van der Waals surface area contributed by atoms with Crippen molar-refractivity contribution in [2.24, 2.45) is 0 Å². The zero-order valence-electron chi connectivity index (χ0n) is 15.3. The van der Waals surface area contributed by atoms with Crippen molar-refractivity contribution in [1.29, 1.82) is 0 Å². The monoisotopic (exact) mass is 375 g/mol. The van der Waals surface area contributed by atoms with Crippen LogP contribution in [0.4, 0.5) is 10.5 Å². The Kier molecular flexibility index (Phi) is 6.29. The van der Waals surface area contributed by atoms with E-state index in [1.807, 2.05) is 12.1 Å². The van der Waals surface area contributed by atoms with Crippen molar-refractivity contribution in [3.8, 4) is 0 Å². The summed E-state index contributed by atoms with van der Waals surface area (Å²) in [6.07, 6.45) is 2.62. The molecule has 1 aliphatic rings. The van der Waals surface area contributed by atoms with Gasteiger partial charge >= 0.3 is 6.03 Å². The average molecular weight is 376 g/mol. The molecule has 6 nitrogen and oxygen atoms in total. The number of rotatable bonds is 5. The molecule has 1 fully saturated rings. The summed E-state index contributed by atoms with van der Waals surface area (Å²) in [5.41, 5.74) is 1.40. The van der Waals surface area contributed by atoms with Gasteiger partial charge in [0.15, 0.2) is 0 Å². The fourth-order valence-electron chi connectivity index (χ4n) is 3.25. The molecule has 1 atom stereocenters. The standard InChI is InChI=1S/C19H26ClN5O/c1-14(25-12-10-24(2)11-13-25)7-9-22-19(26)23-17-6-5-16(20)18-15(17)4-3-8-21-18/h3-6,8,14H,7,9-13H2,1-2H3,(H2,22,23,26)/t14-/m0/s1. The SMILES string of the molecule is C[C@@H](CCNC(=O)Nc1ccc(Cl)c2ncccc12)N1CCN(C)CC1.